The Bertz CT molecular complexity index is 475. The molecule has 106 valence electrons. The Morgan fingerprint density at radius 3 is 2.58 bits per heavy atom. The monoisotopic (exact) mass is 285 g/mol. The Morgan fingerprint density at radius 2 is 2.05 bits per heavy atom. The van der Waals surface area contributed by atoms with Crippen molar-refractivity contribution in [2.45, 2.75) is 37.9 Å². The lowest BCUT2D eigenvalue weighted by atomic mass is 10.2. The first-order valence-corrected chi connectivity index (χ1v) is 7.65. The van der Waals surface area contributed by atoms with Gasteiger partial charge in [-0.3, -0.25) is 9.00 Å². The second kappa shape index (κ2) is 5.88. The molecule has 1 fully saturated rings. The predicted molar refractivity (Wildman–Crippen MR) is 71.3 cm³/mol. The van der Waals surface area contributed by atoms with Crippen LogP contribution in [0.2, 0.25) is 0 Å². The summed E-state index contributed by atoms with van der Waals surface area (Å²) in [5.41, 5.74) is 0. The standard InChI is InChI=1S/C13H19NO4S/c1-9-6-14(7-10(2)18-9)13(15)8-19(16)12-4-5-17-11(12)3/h4-5,9-10H,6-8H2,1-3H3/t9-,10-,19-/m1/s1. The zero-order valence-electron chi connectivity index (χ0n) is 11.4. The summed E-state index contributed by atoms with van der Waals surface area (Å²) in [7, 11) is -1.34. The number of ether oxygens (including phenoxy) is 1. The van der Waals surface area contributed by atoms with Crippen molar-refractivity contribution in [3.63, 3.8) is 0 Å². The second-order valence-corrected chi connectivity index (χ2v) is 6.31. The molecule has 1 amide bonds. The first kappa shape index (κ1) is 14.3. The maximum Gasteiger partial charge on any atom is 0.235 e. The molecule has 0 saturated carbocycles. The molecule has 0 unspecified atom stereocenters. The molecule has 5 nitrogen and oxygen atoms in total. The number of amides is 1. The summed E-state index contributed by atoms with van der Waals surface area (Å²) in [6.45, 7) is 6.74. The van der Waals surface area contributed by atoms with Crippen molar-refractivity contribution in [1.82, 2.24) is 4.90 Å². The molecule has 0 N–H and O–H groups in total. The normalized spacial score (nSPS) is 25.3. The minimum Gasteiger partial charge on any atom is -0.468 e. The van der Waals surface area contributed by atoms with Crippen LogP contribution in [-0.2, 0) is 20.3 Å². The zero-order chi connectivity index (χ0) is 14.0. The average Bonchev–Trinajstić information content (AvgIpc) is 2.74. The summed E-state index contributed by atoms with van der Waals surface area (Å²) in [6.07, 6.45) is 1.54. The van der Waals surface area contributed by atoms with Crippen LogP contribution < -0.4 is 0 Å². The molecule has 0 aliphatic carbocycles. The van der Waals surface area contributed by atoms with E-state index in [1.165, 1.54) is 6.26 Å². The third-order valence-corrected chi connectivity index (χ3v) is 4.51. The van der Waals surface area contributed by atoms with Crippen molar-refractivity contribution in [3.05, 3.63) is 18.1 Å². The number of nitrogens with zero attached hydrogens (tertiary/aromatic N) is 1. The minimum absolute atomic E-state index is 0.000185. The maximum absolute atomic E-state index is 12.2. The van der Waals surface area contributed by atoms with Gasteiger partial charge >= 0.3 is 0 Å². The smallest absolute Gasteiger partial charge is 0.235 e. The largest absolute Gasteiger partial charge is 0.468 e. The van der Waals surface area contributed by atoms with Gasteiger partial charge in [0.25, 0.3) is 0 Å². The second-order valence-electron chi connectivity index (χ2n) is 4.89. The fraction of sp³-hybridized carbons (Fsp3) is 0.615. The van der Waals surface area contributed by atoms with E-state index < -0.39 is 10.8 Å². The number of furan rings is 1. The molecule has 1 aromatic heterocycles. The molecule has 3 atom stereocenters. The molecule has 0 bridgehead atoms. The number of hydrogen-bond acceptors (Lipinski definition) is 4. The van der Waals surface area contributed by atoms with Crippen LogP contribution in [0.25, 0.3) is 0 Å². The van der Waals surface area contributed by atoms with Gasteiger partial charge < -0.3 is 14.1 Å². The summed E-state index contributed by atoms with van der Waals surface area (Å²) in [5, 5.41) is 0. The lowest BCUT2D eigenvalue weighted by molar-refractivity contribution is -0.140. The van der Waals surface area contributed by atoms with E-state index in [1.54, 1.807) is 17.9 Å². The molecule has 1 aromatic rings. The van der Waals surface area contributed by atoms with Crippen molar-refractivity contribution in [1.29, 1.82) is 0 Å². The zero-order valence-corrected chi connectivity index (χ0v) is 12.2. The fourth-order valence-electron chi connectivity index (χ4n) is 2.27. The van der Waals surface area contributed by atoms with Crippen molar-refractivity contribution in [2.75, 3.05) is 18.8 Å². The van der Waals surface area contributed by atoms with E-state index in [-0.39, 0.29) is 23.9 Å². The Labute approximate surface area is 115 Å². The van der Waals surface area contributed by atoms with Crippen LogP contribution in [0.5, 0.6) is 0 Å². The van der Waals surface area contributed by atoms with E-state index in [9.17, 15) is 9.00 Å². The van der Waals surface area contributed by atoms with Crippen LogP contribution in [0.15, 0.2) is 21.6 Å². The Morgan fingerprint density at radius 1 is 1.42 bits per heavy atom. The molecule has 2 heterocycles. The van der Waals surface area contributed by atoms with Crippen LogP contribution in [0.1, 0.15) is 19.6 Å². The molecule has 1 saturated heterocycles. The van der Waals surface area contributed by atoms with Gasteiger partial charge in [0.15, 0.2) is 0 Å². The van der Waals surface area contributed by atoms with Gasteiger partial charge in [0.1, 0.15) is 11.5 Å². The van der Waals surface area contributed by atoms with E-state index in [2.05, 4.69) is 0 Å². The third kappa shape index (κ3) is 3.45. The fourth-order valence-corrected chi connectivity index (χ4v) is 3.41. The number of carbonyl (C=O) groups is 1. The summed E-state index contributed by atoms with van der Waals surface area (Å²) in [6, 6.07) is 1.66. The molecule has 19 heavy (non-hydrogen) atoms. The lowest BCUT2D eigenvalue weighted by Crippen LogP contribution is -2.49. The first-order valence-electron chi connectivity index (χ1n) is 6.33. The summed E-state index contributed by atoms with van der Waals surface area (Å²) in [4.78, 5) is 14.5. The van der Waals surface area contributed by atoms with E-state index in [4.69, 9.17) is 9.15 Å². The highest BCUT2D eigenvalue weighted by Gasteiger charge is 2.27. The average molecular weight is 285 g/mol. The number of hydrogen-bond donors (Lipinski definition) is 0. The lowest BCUT2D eigenvalue weighted by Gasteiger charge is -2.35. The van der Waals surface area contributed by atoms with Crippen molar-refractivity contribution in [3.8, 4) is 0 Å². The van der Waals surface area contributed by atoms with Crippen molar-refractivity contribution >= 4 is 16.7 Å². The molecule has 0 radical (unpaired) electrons. The third-order valence-electron chi connectivity index (χ3n) is 3.08. The van der Waals surface area contributed by atoms with Crippen LogP contribution in [-0.4, -0.2) is 46.1 Å². The van der Waals surface area contributed by atoms with Gasteiger partial charge in [0, 0.05) is 13.1 Å². The highest BCUT2D eigenvalue weighted by Crippen LogP contribution is 2.16. The molecule has 0 spiro atoms. The molecule has 2 rings (SSSR count). The van der Waals surface area contributed by atoms with Crippen molar-refractivity contribution < 1.29 is 18.2 Å². The van der Waals surface area contributed by atoms with Gasteiger partial charge in [-0.1, -0.05) is 0 Å². The molecule has 1 aliphatic heterocycles. The van der Waals surface area contributed by atoms with E-state index in [0.29, 0.717) is 23.7 Å². The number of rotatable bonds is 3. The Balaban J connectivity index is 1.97. The topological polar surface area (TPSA) is 59.8 Å². The minimum atomic E-state index is -1.34. The Hall–Kier alpha value is -1.14. The van der Waals surface area contributed by atoms with Crippen LogP contribution in [0.3, 0.4) is 0 Å². The maximum atomic E-state index is 12.2. The highest BCUT2D eigenvalue weighted by molar-refractivity contribution is 7.85. The summed E-state index contributed by atoms with van der Waals surface area (Å²) >= 11 is 0. The van der Waals surface area contributed by atoms with Gasteiger partial charge in [-0.2, -0.15) is 0 Å². The summed E-state index contributed by atoms with van der Waals surface area (Å²) in [5.74, 6) is 0.510. The SMILES string of the molecule is Cc1occc1[S@](=O)CC(=O)N1C[C@@H](C)O[C@H](C)C1. The number of morpholine rings is 1. The Kier molecular flexibility index (Phi) is 4.42. The highest BCUT2D eigenvalue weighted by atomic mass is 32.2. The molecular formula is C13H19NO4S. The number of aryl methyl sites for hydroxylation is 1. The van der Waals surface area contributed by atoms with Gasteiger partial charge in [0.2, 0.25) is 5.91 Å². The number of carbonyl (C=O) groups excluding carboxylic acids is 1. The van der Waals surface area contributed by atoms with Gasteiger partial charge in [-0.25, -0.2) is 0 Å². The molecule has 6 heteroatoms. The van der Waals surface area contributed by atoms with Crippen LogP contribution >= 0.6 is 0 Å². The molecular weight excluding hydrogens is 266 g/mol. The van der Waals surface area contributed by atoms with Gasteiger partial charge in [-0.15, -0.1) is 0 Å². The van der Waals surface area contributed by atoms with Gasteiger partial charge in [-0.05, 0) is 26.8 Å². The van der Waals surface area contributed by atoms with E-state index in [0.717, 1.165) is 0 Å². The molecule has 1 aliphatic rings. The van der Waals surface area contributed by atoms with Crippen LogP contribution in [0.4, 0.5) is 0 Å². The predicted octanol–water partition coefficient (Wildman–Crippen LogP) is 1.33. The first-order chi connectivity index (χ1) is 8.97. The van der Waals surface area contributed by atoms with Crippen LogP contribution in [0, 0.1) is 6.92 Å². The quantitative estimate of drug-likeness (QED) is 0.840. The summed E-state index contributed by atoms with van der Waals surface area (Å²) < 4.78 is 22.8. The van der Waals surface area contributed by atoms with E-state index in [1.807, 2.05) is 13.8 Å². The van der Waals surface area contributed by atoms with Crippen molar-refractivity contribution in [2.24, 2.45) is 0 Å². The molecule has 0 aromatic carbocycles. The van der Waals surface area contributed by atoms with Gasteiger partial charge in [0.05, 0.1) is 34.2 Å². The van der Waals surface area contributed by atoms with E-state index >= 15 is 0 Å².